The summed E-state index contributed by atoms with van der Waals surface area (Å²) in [5.74, 6) is 1.41. The fraction of sp³-hybridized carbons (Fsp3) is 0. The van der Waals surface area contributed by atoms with Crippen molar-refractivity contribution >= 4 is 39.4 Å². The lowest BCUT2D eigenvalue weighted by atomic mass is 10.1. The summed E-state index contributed by atoms with van der Waals surface area (Å²) in [6, 6.07) is 31.0. The molecule has 150 valence electrons. The first-order valence-corrected chi connectivity index (χ1v) is 11.5. The highest BCUT2D eigenvalue weighted by atomic mass is 79.9. The van der Waals surface area contributed by atoms with Crippen LogP contribution in [0.15, 0.2) is 106 Å². The summed E-state index contributed by atoms with van der Waals surface area (Å²) in [4.78, 5) is 6.93. The Labute approximate surface area is 193 Å². The first kappa shape index (κ1) is 19.7. The Hall–Kier alpha value is -3.21. The summed E-state index contributed by atoms with van der Waals surface area (Å²) in [5, 5.41) is 0. The maximum Gasteiger partial charge on any atom is 0.226 e. The quantitative estimate of drug-likeness (QED) is 0.249. The summed E-state index contributed by atoms with van der Waals surface area (Å²) in [6.45, 7) is 0. The SMILES string of the molecule is Brc1ccc(-c2ccc(C=Cc3ccc(-c4ncc(-c5ccccc5)o4)cc3)s2)cc1. The van der Waals surface area contributed by atoms with Crippen LogP contribution in [0.3, 0.4) is 0 Å². The smallest absolute Gasteiger partial charge is 0.226 e. The molecule has 0 spiro atoms. The average molecular weight is 484 g/mol. The van der Waals surface area contributed by atoms with Gasteiger partial charge in [0.1, 0.15) is 0 Å². The van der Waals surface area contributed by atoms with Gasteiger partial charge in [0.2, 0.25) is 5.89 Å². The van der Waals surface area contributed by atoms with E-state index in [1.165, 1.54) is 15.3 Å². The zero-order valence-corrected chi connectivity index (χ0v) is 18.9. The van der Waals surface area contributed by atoms with Gasteiger partial charge in [-0.3, -0.25) is 0 Å². The molecule has 0 aliphatic heterocycles. The van der Waals surface area contributed by atoms with E-state index in [1.54, 1.807) is 17.5 Å². The first-order chi connectivity index (χ1) is 15.2. The summed E-state index contributed by atoms with van der Waals surface area (Å²) in [5.41, 5.74) is 4.36. The fourth-order valence-corrected chi connectivity index (χ4v) is 4.45. The van der Waals surface area contributed by atoms with Crippen molar-refractivity contribution in [2.45, 2.75) is 0 Å². The van der Waals surface area contributed by atoms with Crippen molar-refractivity contribution in [3.63, 3.8) is 0 Å². The van der Waals surface area contributed by atoms with Crippen molar-refractivity contribution in [3.05, 3.63) is 112 Å². The van der Waals surface area contributed by atoms with Gasteiger partial charge in [0.25, 0.3) is 0 Å². The van der Waals surface area contributed by atoms with E-state index in [2.05, 4.69) is 81.6 Å². The summed E-state index contributed by atoms with van der Waals surface area (Å²) in [6.07, 6.45) is 6.06. The molecule has 2 aromatic heterocycles. The maximum atomic E-state index is 5.95. The van der Waals surface area contributed by atoms with E-state index in [0.717, 1.165) is 26.9 Å². The number of benzene rings is 3. The molecule has 0 N–H and O–H groups in total. The summed E-state index contributed by atoms with van der Waals surface area (Å²) < 4.78 is 7.04. The standard InChI is InChI=1S/C27H18BrNOS/c28-23-13-11-21(12-14-23)26-17-16-24(31-26)15-8-19-6-9-22(10-7-19)27-29-18-25(30-27)20-4-2-1-3-5-20/h1-18H. The molecule has 0 aliphatic carbocycles. The van der Waals surface area contributed by atoms with Crippen LogP contribution in [0, 0.1) is 0 Å². The second-order valence-electron chi connectivity index (χ2n) is 7.06. The lowest BCUT2D eigenvalue weighted by Gasteiger charge is -1.98. The largest absolute Gasteiger partial charge is 0.436 e. The molecule has 2 heterocycles. The average Bonchev–Trinajstić information content (AvgIpc) is 3.50. The Morgan fingerprint density at radius 1 is 0.710 bits per heavy atom. The number of rotatable bonds is 5. The van der Waals surface area contributed by atoms with Gasteiger partial charge < -0.3 is 4.42 Å². The molecule has 0 bridgehead atoms. The van der Waals surface area contributed by atoms with Gasteiger partial charge in [-0.2, -0.15) is 0 Å². The van der Waals surface area contributed by atoms with Crippen molar-refractivity contribution in [3.8, 4) is 33.2 Å². The molecule has 4 heteroatoms. The third-order valence-electron chi connectivity index (χ3n) is 4.92. The van der Waals surface area contributed by atoms with Crippen LogP contribution in [-0.2, 0) is 0 Å². The number of aromatic nitrogens is 1. The highest BCUT2D eigenvalue weighted by Crippen LogP contribution is 2.30. The van der Waals surface area contributed by atoms with Crippen LogP contribution >= 0.6 is 27.3 Å². The Bertz CT molecular complexity index is 1320. The molecule has 0 radical (unpaired) electrons. The Kier molecular flexibility index (Phi) is 5.65. The second kappa shape index (κ2) is 8.88. The van der Waals surface area contributed by atoms with Gasteiger partial charge in [0, 0.05) is 25.4 Å². The van der Waals surface area contributed by atoms with Crippen LogP contribution in [0.4, 0.5) is 0 Å². The Morgan fingerprint density at radius 2 is 1.45 bits per heavy atom. The minimum Gasteiger partial charge on any atom is -0.436 e. The highest BCUT2D eigenvalue weighted by molar-refractivity contribution is 9.10. The highest BCUT2D eigenvalue weighted by Gasteiger charge is 2.08. The zero-order valence-electron chi connectivity index (χ0n) is 16.5. The molecule has 5 aromatic rings. The lowest BCUT2D eigenvalue weighted by Crippen LogP contribution is -1.77. The number of halogens is 1. The van der Waals surface area contributed by atoms with E-state index in [0.29, 0.717) is 5.89 Å². The van der Waals surface area contributed by atoms with E-state index in [4.69, 9.17) is 4.42 Å². The topological polar surface area (TPSA) is 26.0 Å². The number of nitrogens with zero attached hydrogens (tertiary/aromatic N) is 1. The molecule has 5 rings (SSSR count). The van der Waals surface area contributed by atoms with E-state index in [1.807, 2.05) is 42.5 Å². The number of thiophene rings is 1. The Balaban J connectivity index is 1.29. The van der Waals surface area contributed by atoms with Crippen LogP contribution in [0.5, 0.6) is 0 Å². The second-order valence-corrected chi connectivity index (χ2v) is 9.09. The third kappa shape index (κ3) is 4.61. The van der Waals surface area contributed by atoms with Gasteiger partial charge in [-0.15, -0.1) is 11.3 Å². The van der Waals surface area contributed by atoms with E-state index >= 15 is 0 Å². The molecule has 2 nitrogen and oxygen atoms in total. The van der Waals surface area contributed by atoms with E-state index in [9.17, 15) is 0 Å². The Morgan fingerprint density at radius 3 is 2.23 bits per heavy atom. The van der Waals surface area contributed by atoms with Crippen molar-refractivity contribution in [1.29, 1.82) is 0 Å². The van der Waals surface area contributed by atoms with Gasteiger partial charge in [-0.05, 0) is 53.6 Å². The molecular formula is C27H18BrNOS. The predicted octanol–water partition coefficient (Wildman–Crippen LogP) is 8.67. The lowest BCUT2D eigenvalue weighted by molar-refractivity contribution is 0.589. The van der Waals surface area contributed by atoms with Crippen molar-refractivity contribution in [2.75, 3.05) is 0 Å². The maximum absolute atomic E-state index is 5.95. The monoisotopic (exact) mass is 483 g/mol. The summed E-state index contributed by atoms with van der Waals surface area (Å²) in [7, 11) is 0. The molecule has 0 saturated heterocycles. The third-order valence-corrected chi connectivity index (χ3v) is 6.55. The molecular weight excluding hydrogens is 466 g/mol. The van der Waals surface area contributed by atoms with Gasteiger partial charge in [0.15, 0.2) is 5.76 Å². The molecule has 0 aliphatic rings. The molecule has 31 heavy (non-hydrogen) atoms. The van der Waals surface area contributed by atoms with E-state index < -0.39 is 0 Å². The van der Waals surface area contributed by atoms with Crippen molar-refractivity contribution in [1.82, 2.24) is 4.98 Å². The number of hydrogen-bond acceptors (Lipinski definition) is 3. The van der Waals surface area contributed by atoms with Crippen molar-refractivity contribution < 1.29 is 4.42 Å². The number of hydrogen-bond donors (Lipinski definition) is 0. The summed E-state index contributed by atoms with van der Waals surface area (Å²) >= 11 is 5.27. The minimum atomic E-state index is 0.631. The van der Waals surface area contributed by atoms with Crippen LogP contribution in [-0.4, -0.2) is 4.98 Å². The van der Waals surface area contributed by atoms with Gasteiger partial charge in [-0.1, -0.05) is 76.6 Å². The molecule has 0 fully saturated rings. The predicted molar refractivity (Wildman–Crippen MR) is 134 cm³/mol. The van der Waals surface area contributed by atoms with Gasteiger partial charge in [0.05, 0.1) is 6.20 Å². The van der Waals surface area contributed by atoms with Crippen LogP contribution in [0.1, 0.15) is 10.4 Å². The van der Waals surface area contributed by atoms with Gasteiger partial charge >= 0.3 is 0 Å². The molecule has 0 amide bonds. The van der Waals surface area contributed by atoms with Crippen LogP contribution < -0.4 is 0 Å². The fourth-order valence-electron chi connectivity index (χ4n) is 3.27. The van der Waals surface area contributed by atoms with Crippen molar-refractivity contribution in [2.24, 2.45) is 0 Å². The van der Waals surface area contributed by atoms with Gasteiger partial charge in [-0.25, -0.2) is 4.98 Å². The normalized spacial score (nSPS) is 11.3. The van der Waals surface area contributed by atoms with Crippen LogP contribution in [0.2, 0.25) is 0 Å². The molecule has 0 unspecified atom stereocenters. The van der Waals surface area contributed by atoms with E-state index in [-0.39, 0.29) is 0 Å². The molecule has 3 aromatic carbocycles. The first-order valence-electron chi connectivity index (χ1n) is 9.90. The number of oxazole rings is 1. The minimum absolute atomic E-state index is 0.631. The zero-order chi connectivity index (χ0) is 21.0. The molecule has 0 saturated carbocycles. The van der Waals surface area contributed by atoms with Crippen LogP contribution in [0.25, 0.3) is 45.4 Å². The molecule has 0 atom stereocenters.